The number of carbonyl (C=O) groups excluding carboxylic acids is 1. The van der Waals surface area contributed by atoms with Gasteiger partial charge in [-0.1, -0.05) is 11.8 Å². The number of hydrogen-bond acceptors (Lipinski definition) is 7. The molecule has 0 fully saturated rings. The summed E-state index contributed by atoms with van der Waals surface area (Å²) in [6.45, 7) is 4.42. The summed E-state index contributed by atoms with van der Waals surface area (Å²) in [7, 11) is 1.59. The number of primary amides is 1. The van der Waals surface area contributed by atoms with Crippen molar-refractivity contribution in [2.24, 2.45) is 5.73 Å². The minimum absolute atomic E-state index is 0.0000861. The molecular formula is C21H22N4O4S. The van der Waals surface area contributed by atoms with Crippen molar-refractivity contribution < 1.29 is 14.3 Å². The lowest BCUT2D eigenvalue weighted by atomic mass is 9.95. The Bertz CT molecular complexity index is 1190. The molecule has 1 aliphatic heterocycles. The van der Waals surface area contributed by atoms with Crippen LogP contribution in [0.2, 0.25) is 0 Å². The van der Waals surface area contributed by atoms with Crippen molar-refractivity contribution in [2.45, 2.75) is 37.6 Å². The van der Waals surface area contributed by atoms with Crippen LogP contribution in [0.4, 0.5) is 0 Å². The van der Waals surface area contributed by atoms with E-state index < -0.39 is 11.5 Å². The maximum absolute atomic E-state index is 12.8. The second kappa shape index (κ2) is 7.73. The van der Waals surface area contributed by atoms with Crippen LogP contribution in [-0.4, -0.2) is 38.9 Å². The minimum atomic E-state index is -0.493. The lowest BCUT2D eigenvalue weighted by Gasteiger charge is -2.31. The number of amides is 1. The van der Waals surface area contributed by atoms with Crippen molar-refractivity contribution in [3.8, 4) is 11.4 Å². The molecule has 30 heavy (non-hydrogen) atoms. The fourth-order valence-electron chi connectivity index (χ4n) is 3.40. The smallest absolute Gasteiger partial charge is 0.283 e. The Labute approximate surface area is 177 Å². The predicted molar refractivity (Wildman–Crippen MR) is 114 cm³/mol. The van der Waals surface area contributed by atoms with Gasteiger partial charge in [-0.2, -0.15) is 4.98 Å². The molecule has 156 valence electrons. The number of rotatable bonds is 5. The van der Waals surface area contributed by atoms with Crippen LogP contribution >= 0.6 is 11.8 Å². The van der Waals surface area contributed by atoms with E-state index in [0.29, 0.717) is 35.0 Å². The van der Waals surface area contributed by atoms with Crippen LogP contribution in [0.1, 0.15) is 25.1 Å². The van der Waals surface area contributed by atoms with Gasteiger partial charge in [0.05, 0.1) is 36.2 Å². The highest BCUT2D eigenvalue weighted by Gasteiger charge is 2.28. The van der Waals surface area contributed by atoms with Crippen LogP contribution in [0.15, 0.2) is 40.3 Å². The van der Waals surface area contributed by atoms with Gasteiger partial charge in [-0.15, -0.1) is 0 Å². The van der Waals surface area contributed by atoms with Gasteiger partial charge in [-0.3, -0.25) is 14.2 Å². The molecule has 2 N–H and O–H groups in total. The number of aromatic nitrogens is 3. The molecule has 1 amide bonds. The number of pyridine rings is 1. The minimum Gasteiger partial charge on any atom is -0.497 e. The van der Waals surface area contributed by atoms with Crippen molar-refractivity contribution in [3.63, 3.8) is 0 Å². The number of benzene rings is 1. The maximum Gasteiger partial charge on any atom is 0.283 e. The van der Waals surface area contributed by atoms with E-state index in [1.54, 1.807) is 11.7 Å². The third-order valence-corrected chi connectivity index (χ3v) is 5.85. The fraction of sp³-hybridized carbons (Fsp3) is 0.333. The number of nitrogens with two attached hydrogens (primary N) is 1. The molecule has 0 saturated carbocycles. The number of hydrogen-bond donors (Lipinski definition) is 1. The average molecular weight is 426 g/mol. The third kappa shape index (κ3) is 3.90. The largest absolute Gasteiger partial charge is 0.497 e. The van der Waals surface area contributed by atoms with Crippen molar-refractivity contribution in [2.75, 3.05) is 12.9 Å². The number of thioether (sulfide) groups is 1. The molecule has 2 aromatic heterocycles. The summed E-state index contributed by atoms with van der Waals surface area (Å²) >= 11 is 1.11. The molecule has 0 radical (unpaired) electrons. The van der Waals surface area contributed by atoms with Crippen LogP contribution in [0.5, 0.6) is 5.75 Å². The lowest BCUT2D eigenvalue weighted by Crippen LogP contribution is -2.33. The normalized spacial score (nSPS) is 15.0. The maximum atomic E-state index is 12.8. The van der Waals surface area contributed by atoms with Crippen LogP contribution < -0.4 is 16.0 Å². The first kappa shape index (κ1) is 20.4. The number of nitrogens with zero attached hydrogens (tertiary/aromatic N) is 3. The van der Waals surface area contributed by atoms with Crippen molar-refractivity contribution >= 4 is 28.7 Å². The van der Waals surface area contributed by atoms with E-state index in [2.05, 4.69) is 4.98 Å². The molecule has 1 aromatic carbocycles. The van der Waals surface area contributed by atoms with Gasteiger partial charge in [0.2, 0.25) is 5.91 Å². The molecule has 0 saturated heterocycles. The first-order valence-corrected chi connectivity index (χ1v) is 10.4. The average Bonchev–Trinajstić information content (AvgIpc) is 2.71. The van der Waals surface area contributed by atoms with Gasteiger partial charge >= 0.3 is 0 Å². The summed E-state index contributed by atoms with van der Waals surface area (Å²) in [6, 6.07) is 9.15. The standard InChI is InChI=1S/C21H22N4O4S/c1-21(2)9-16-12(10-29-21)8-15-18(23-16)25(13-4-6-14(28-3)7-5-13)20(24-19(15)27)30-11-17(22)26/h4-8H,9-11H2,1-3H3,(H2,22,26). The molecule has 0 unspecified atom stereocenters. The lowest BCUT2D eigenvalue weighted by molar-refractivity contribution is -0.115. The van der Waals surface area contributed by atoms with Gasteiger partial charge in [0, 0.05) is 17.7 Å². The van der Waals surface area contributed by atoms with E-state index in [-0.39, 0.29) is 11.4 Å². The van der Waals surface area contributed by atoms with E-state index in [1.807, 2.05) is 44.2 Å². The summed E-state index contributed by atoms with van der Waals surface area (Å²) < 4.78 is 12.9. The first-order valence-electron chi connectivity index (χ1n) is 9.42. The van der Waals surface area contributed by atoms with Crippen molar-refractivity contribution in [1.29, 1.82) is 0 Å². The van der Waals surface area contributed by atoms with Gasteiger partial charge in [-0.25, -0.2) is 4.98 Å². The summed E-state index contributed by atoms with van der Waals surface area (Å²) in [5, 5.41) is 0.756. The zero-order valence-electron chi connectivity index (χ0n) is 17.0. The summed E-state index contributed by atoms with van der Waals surface area (Å²) in [6.07, 6.45) is 0.626. The Balaban J connectivity index is 1.97. The molecule has 1 aliphatic rings. The topological polar surface area (TPSA) is 109 Å². The molecule has 0 spiro atoms. The summed E-state index contributed by atoms with van der Waals surface area (Å²) in [4.78, 5) is 33.2. The Morgan fingerprint density at radius 1 is 1.30 bits per heavy atom. The van der Waals surface area contributed by atoms with E-state index in [1.165, 1.54) is 0 Å². The highest BCUT2D eigenvalue weighted by Crippen LogP contribution is 2.30. The highest BCUT2D eigenvalue weighted by atomic mass is 32.2. The Kier molecular flexibility index (Phi) is 5.25. The Morgan fingerprint density at radius 3 is 2.70 bits per heavy atom. The monoisotopic (exact) mass is 426 g/mol. The predicted octanol–water partition coefficient (Wildman–Crippen LogP) is 2.22. The quantitative estimate of drug-likeness (QED) is 0.492. The summed E-state index contributed by atoms with van der Waals surface area (Å²) in [5.74, 6) is 0.209. The van der Waals surface area contributed by atoms with Crippen LogP contribution in [0, 0.1) is 0 Å². The second-order valence-electron chi connectivity index (χ2n) is 7.68. The Hall–Kier alpha value is -2.91. The second-order valence-corrected chi connectivity index (χ2v) is 8.62. The third-order valence-electron chi connectivity index (χ3n) is 4.89. The molecular weight excluding hydrogens is 404 g/mol. The van der Waals surface area contributed by atoms with Crippen molar-refractivity contribution in [3.05, 3.63) is 51.9 Å². The van der Waals surface area contributed by atoms with Gasteiger partial charge in [0.1, 0.15) is 5.75 Å². The van der Waals surface area contributed by atoms with E-state index in [9.17, 15) is 9.59 Å². The van der Waals surface area contributed by atoms with Crippen LogP contribution in [-0.2, 0) is 22.6 Å². The van der Waals surface area contributed by atoms with Gasteiger partial charge in [0.25, 0.3) is 5.56 Å². The molecule has 0 atom stereocenters. The van der Waals surface area contributed by atoms with Crippen LogP contribution in [0.3, 0.4) is 0 Å². The Morgan fingerprint density at radius 2 is 2.03 bits per heavy atom. The molecule has 0 bridgehead atoms. The fourth-order valence-corrected chi connectivity index (χ4v) is 4.14. The van der Waals surface area contributed by atoms with Crippen LogP contribution in [0.25, 0.3) is 16.7 Å². The molecule has 4 rings (SSSR count). The van der Waals surface area contributed by atoms with Gasteiger partial charge < -0.3 is 15.2 Å². The number of carbonyl (C=O) groups is 1. The van der Waals surface area contributed by atoms with E-state index in [4.69, 9.17) is 20.2 Å². The molecule has 3 aromatic rings. The van der Waals surface area contributed by atoms with Crippen molar-refractivity contribution in [1.82, 2.24) is 14.5 Å². The molecule has 3 heterocycles. The summed E-state index contributed by atoms with van der Waals surface area (Å²) in [5.41, 5.74) is 7.59. The van der Waals surface area contributed by atoms with Gasteiger partial charge in [0.15, 0.2) is 10.8 Å². The number of ether oxygens (including phenoxy) is 2. The number of methoxy groups -OCH3 is 1. The highest BCUT2D eigenvalue weighted by molar-refractivity contribution is 7.99. The van der Waals surface area contributed by atoms with Gasteiger partial charge in [-0.05, 0) is 44.2 Å². The first-order chi connectivity index (χ1) is 14.3. The van der Waals surface area contributed by atoms with E-state index in [0.717, 1.165) is 28.7 Å². The zero-order chi connectivity index (χ0) is 21.5. The molecule has 8 nitrogen and oxygen atoms in total. The molecule has 0 aliphatic carbocycles. The van der Waals surface area contributed by atoms with E-state index >= 15 is 0 Å². The zero-order valence-corrected chi connectivity index (χ0v) is 17.8. The molecule has 9 heteroatoms. The number of fused-ring (bicyclic) bond motifs is 2. The SMILES string of the molecule is COc1ccc(-n2c(SCC(N)=O)nc(=O)c3cc4c(nc32)CC(C)(C)OC4)cc1.